The van der Waals surface area contributed by atoms with Crippen LogP contribution in [0.3, 0.4) is 0 Å². The summed E-state index contributed by atoms with van der Waals surface area (Å²) >= 11 is 0. The van der Waals surface area contributed by atoms with E-state index in [-0.39, 0.29) is 0 Å². The molecular weight excluding hydrogens is 337 g/mol. The molecule has 26 heavy (non-hydrogen) atoms. The molecule has 4 rings (SSSR count). The van der Waals surface area contributed by atoms with Gasteiger partial charge in [0, 0.05) is 6.54 Å². The molecular formula is C21H15F3N2. The number of hydrogen-bond acceptors (Lipinski definition) is 1. The van der Waals surface area contributed by atoms with Crippen LogP contribution in [0.5, 0.6) is 0 Å². The van der Waals surface area contributed by atoms with Crippen molar-refractivity contribution in [3.63, 3.8) is 0 Å². The number of aromatic nitrogens is 2. The van der Waals surface area contributed by atoms with Crippen LogP contribution in [0.15, 0.2) is 79.1 Å². The maximum absolute atomic E-state index is 12.7. The fraction of sp³-hybridized carbons (Fsp3) is 0.0952. The number of fused-ring (bicyclic) bond motifs is 1. The molecule has 3 aromatic carbocycles. The number of alkyl halides is 3. The van der Waals surface area contributed by atoms with E-state index in [2.05, 4.69) is 9.55 Å². The van der Waals surface area contributed by atoms with E-state index in [0.29, 0.717) is 6.54 Å². The zero-order chi connectivity index (χ0) is 18.1. The second-order valence-corrected chi connectivity index (χ2v) is 6.13. The highest BCUT2D eigenvalue weighted by Gasteiger charge is 2.29. The highest BCUT2D eigenvalue weighted by molar-refractivity contribution is 5.75. The number of nitrogens with zero attached hydrogens (tertiary/aromatic N) is 2. The smallest absolute Gasteiger partial charge is 0.326 e. The third kappa shape index (κ3) is 3.20. The van der Waals surface area contributed by atoms with Gasteiger partial charge in [-0.2, -0.15) is 13.2 Å². The standard InChI is InChI=1S/C21H15F3N2/c22-21(23,24)18-11-9-17(10-12-18)16-7-5-15(6-8-16)13-26-14-25-19-3-1-2-4-20(19)26/h1-12,14H,13H2. The molecule has 0 unspecified atom stereocenters. The zero-order valence-corrected chi connectivity index (χ0v) is 13.7. The van der Waals surface area contributed by atoms with Crippen molar-refractivity contribution in [2.24, 2.45) is 0 Å². The Hall–Kier alpha value is -3.08. The topological polar surface area (TPSA) is 17.8 Å². The summed E-state index contributed by atoms with van der Waals surface area (Å²) in [5.74, 6) is 0. The van der Waals surface area contributed by atoms with Crippen LogP contribution in [-0.4, -0.2) is 9.55 Å². The summed E-state index contributed by atoms with van der Waals surface area (Å²) in [4.78, 5) is 4.38. The third-order valence-corrected chi connectivity index (χ3v) is 4.38. The lowest BCUT2D eigenvalue weighted by atomic mass is 10.0. The molecule has 0 N–H and O–H groups in total. The number of halogens is 3. The number of rotatable bonds is 3. The van der Waals surface area contributed by atoms with Gasteiger partial charge in [0.1, 0.15) is 0 Å². The van der Waals surface area contributed by atoms with Crippen LogP contribution in [-0.2, 0) is 12.7 Å². The molecule has 0 aliphatic heterocycles. The Bertz CT molecular complexity index is 1030. The van der Waals surface area contributed by atoms with Crippen molar-refractivity contribution in [3.05, 3.63) is 90.3 Å². The van der Waals surface area contributed by atoms with Crippen molar-refractivity contribution < 1.29 is 13.2 Å². The van der Waals surface area contributed by atoms with Gasteiger partial charge in [-0.05, 0) is 41.0 Å². The SMILES string of the molecule is FC(F)(F)c1ccc(-c2ccc(Cn3cnc4ccccc43)cc2)cc1. The Morgan fingerprint density at radius 2 is 1.38 bits per heavy atom. The predicted octanol–water partition coefficient (Wildman–Crippen LogP) is 5.77. The zero-order valence-electron chi connectivity index (χ0n) is 13.7. The maximum atomic E-state index is 12.7. The van der Waals surface area contributed by atoms with Crippen LogP contribution in [0, 0.1) is 0 Å². The van der Waals surface area contributed by atoms with Crippen LogP contribution in [0.25, 0.3) is 22.2 Å². The van der Waals surface area contributed by atoms with Crippen LogP contribution in [0.2, 0.25) is 0 Å². The molecule has 5 heteroatoms. The van der Waals surface area contributed by atoms with E-state index in [1.807, 2.05) is 54.9 Å². The average Bonchev–Trinajstić information content (AvgIpc) is 3.05. The molecule has 130 valence electrons. The van der Waals surface area contributed by atoms with Gasteiger partial charge >= 0.3 is 6.18 Å². The van der Waals surface area contributed by atoms with Crippen molar-refractivity contribution in [2.45, 2.75) is 12.7 Å². The van der Waals surface area contributed by atoms with Crippen molar-refractivity contribution in [2.75, 3.05) is 0 Å². The summed E-state index contributed by atoms with van der Waals surface area (Å²) in [7, 11) is 0. The Morgan fingerprint density at radius 1 is 0.769 bits per heavy atom. The molecule has 0 spiro atoms. The van der Waals surface area contributed by atoms with E-state index < -0.39 is 11.7 Å². The summed E-state index contributed by atoms with van der Waals surface area (Å²) in [5.41, 5.74) is 4.14. The molecule has 0 aliphatic carbocycles. The second-order valence-electron chi connectivity index (χ2n) is 6.13. The molecule has 1 aromatic heterocycles. The lowest BCUT2D eigenvalue weighted by Gasteiger charge is -2.09. The first-order valence-corrected chi connectivity index (χ1v) is 8.17. The van der Waals surface area contributed by atoms with E-state index in [1.165, 1.54) is 12.1 Å². The van der Waals surface area contributed by atoms with Crippen LogP contribution < -0.4 is 0 Å². The number of para-hydroxylation sites is 2. The number of imidazole rings is 1. The summed E-state index contributed by atoms with van der Waals surface area (Å²) in [6.07, 6.45) is -2.50. The van der Waals surface area contributed by atoms with E-state index in [1.54, 1.807) is 0 Å². The molecule has 0 fully saturated rings. The number of hydrogen-bond donors (Lipinski definition) is 0. The molecule has 0 atom stereocenters. The van der Waals surface area contributed by atoms with Gasteiger partial charge in [-0.1, -0.05) is 48.5 Å². The summed E-state index contributed by atoms with van der Waals surface area (Å²) < 4.78 is 40.0. The molecule has 0 amide bonds. The summed E-state index contributed by atoms with van der Waals surface area (Å²) in [6.45, 7) is 0.688. The summed E-state index contributed by atoms with van der Waals surface area (Å²) in [5, 5.41) is 0. The first kappa shape index (κ1) is 16.4. The molecule has 0 radical (unpaired) electrons. The van der Waals surface area contributed by atoms with Gasteiger partial charge in [-0.3, -0.25) is 0 Å². The fourth-order valence-electron chi connectivity index (χ4n) is 2.99. The van der Waals surface area contributed by atoms with Crippen LogP contribution in [0.1, 0.15) is 11.1 Å². The van der Waals surface area contributed by atoms with Gasteiger partial charge in [0.25, 0.3) is 0 Å². The third-order valence-electron chi connectivity index (χ3n) is 4.38. The minimum absolute atomic E-state index is 0.634. The molecule has 2 nitrogen and oxygen atoms in total. The summed E-state index contributed by atoms with van der Waals surface area (Å²) in [6, 6.07) is 21.0. The normalized spacial score (nSPS) is 11.8. The Kier molecular flexibility index (Phi) is 3.99. The van der Waals surface area contributed by atoms with Crippen LogP contribution >= 0.6 is 0 Å². The maximum Gasteiger partial charge on any atom is 0.416 e. The van der Waals surface area contributed by atoms with E-state index in [0.717, 1.165) is 39.9 Å². The van der Waals surface area contributed by atoms with E-state index in [4.69, 9.17) is 0 Å². The molecule has 0 bridgehead atoms. The monoisotopic (exact) mass is 352 g/mol. The largest absolute Gasteiger partial charge is 0.416 e. The predicted molar refractivity (Wildman–Crippen MR) is 95.7 cm³/mol. The second kappa shape index (κ2) is 6.33. The van der Waals surface area contributed by atoms with Gasteiger partial charge in [-0.25, -0.2) is 4.98 Å². The van der Waals surface area contributed by atoms with Crippen molar-refractivity contribution in [1.29, 1.82) is 0 Å². The highest BCUT2D eigenvalue weighted by Crippen LogP contribution is 2.31. The Balaban J connectivity index is 1.55. The highest BCUT2D eigenvalue weighted by atomic mass is 19.4. The van der Waals surface area contributed by atoms with Gasteiger partial charge in [0.2, 0.25) is 0 Å². The molecule has 4 aromatic rings. The minimum atomic E-state index is -4.31. The minimum Gasteiger partial charge on any atom is -0.326 e. The average molecular weight is 352 g/mol. The first-order valence-electron chi connectivity index (χ1n) is 8.17. The number of benzene rings is 3. The molecule has 1 heterocycles. The van der Waals surface area contributed by atoms with E-state index >= 15 is 0 Å². The van der Waals surface area contributed by atoms with Gasteiger partial charge in [0.05, 0.1) is 22.9 Å². The quantitative estimate of drug-likeness (QED) is 0.458. The van der Waals surface area contributed by atoms with Crippen molar-refractivity contribution >= 4 is 11.0 Å². The van der Waals surface area contributed by atoms with E-state index in [9.17, 15) is 13.2 Å². The van der Waals surface area contributed by atoms with Crippen molar-refractivity contribution in [3.8, 4) is 11.1 Å². The van der Waals surface area contributed by atoms with Crippen LogP contribution in [0.4, 0.5) is 13.2 Å². The van der Waals surface area contributed by atoms with Gasteiger partial charge in [-0.15, -0.1) is 0 Å². The van der Waals surface area contributed by atoms with Gasteiger partial charge < -0.3 is 4.57 Å². The lowest BCUT2D eigenvalue weighted by molar-refractivity contribution is -0.137. The fourth-order valence-corrected chi connectivity index (χ4v) is 2.99. The lowest BCUT2D eigenvalue weighted by Crippen LogP contribution is -2.04. The van der Waals surface area contributed by atoms with Crippen molar-refractivity contribution in [1.82, 2.24) is 9.55 Å². The Morgan fingerprint density at radius 3 is 2.04 bits per heavy atom. The molecule has 0 aliphatic rings. The molecule has 0 saturated carbocycles. The van der Waals surface area contributed by atoms with Gasteiger partial charge in [0.15, 0.2) is 0 Å². The molecule has 0 saturated heterocycles. The Labute approximate surface area is 148 Å². The first-order chi connectivity index (χ1) is 12.5.